The summed E-state index contributed by atoms with van der Waals surface area (Å²) in [7, 11) is 0. The van der Waals surface area contributed by atoms with Crippen LogP contribution >= 0.6 is 0 Å². The van der Waals surface area contributed by atoms with Crippen LogP contribution in [-0.4, -0.2) is 5.11 Å². The zero-order valence-corrected chi connectivity index (χ0v) is 12.2. The molecule has 0 saturated heterocycles. The zero-order chi connectivity index (χ0) is 14.4. The first-order valence-corrected chi connectivity index (χ1v) is 7.27. The molecule has 0 amide bonds. The van der Waals surface area contributed by atoms with Crippen LogP contribution in [0.4, 0.5) is 0 Å². The Labute approximate surface area is 121 Å². The highest BCUT2D eigenvalue weighted by Crippen LogP contribution is 2.24. The van der Waals surface area contributed by atoms with Gasteiger partial charge in [-0.1, -0.05) is 38.8 Å². The number of hydrogen-bond acceptors (Lipinski definition) is 2. The second kappa shape index (κ2) is 6.99. The molecule has 2 aromatic rings. The summed E-state index contributed by atoms with van der Waals surface area (Å²) in [4.78, 5) is 0. The smallest absolute Gasteiger partial charge is 0.127 e. The SMILES string of the molecule is CCC(CC)Cc1ccc(Oc2ccc(O)cc2)cc1. The highest BCUT2D eigenvalue weighted by molar-refractivity contribution is 5.35. The van der Waals surface area contributed by atoms with E-state index in [-0.39, 0.29) is 5.75 Å². The van der Waals surface area contributed by atoms with Crippen molar-refractivity contribution in [3.63, 3.8) is 0 Å². The molecule has 2 heteroatoms. The normalized spacial score (nSPS) is 10.8. The number of hydrogen-bond donors (Lipinski definition) is 1. The molecule has 2 nitrogen and oxygen atoms in total. The molecule has 0 atom stereocenters. The van der Waals surface area contributed by atoms with Crippen molar-refractivity contribution in [2.45, 2.75) is 33.1 Å². The van der Waals surface area contributed by atoms with Gasteiger partial charge in [0.15, 0.2) is 0 Å². The summed E-state index contributed by atoms with van der Waals surface area (Å²) in [6.45, 7) is 4.49. The number of ether oxygens (including phenoxy) is 1. The fraction of sp³-hybridized carbons (Fsp3) is 0.333. The number of benzene rings is 2. The molecular weight excluding hydrogens is 248 g/mol. The van der Waals surface area contributed by atoms with E-state index in [4.69, 9.17) is 4.74 Å². The van der Waals surface area contributed by atoms with Gasteiger partial charge >= 0.3 is 0 Å². The largest absolute Gasteiger partial charge is 0.508 e. The zero-order valence-electron chi connectivity index (χ0n) is 12.2. The van der Waals surface area contributed by atoms with E-state index in [0.717, 1.165) is 23.8 Å². The fourth-order valence-corrected chi connectivity index (χ4v) is 2.25. The second-order valence-corrected chi connectivity index (χ2v) is 5.13. The van der Waals surface area contributed by atoms with Crippen LogP contribution in [-0.2, 0) is 6.42 Å². The van der Waals surface area contributed by atoms with E-state index in [1.54, 1.807) is 24.3 Å². The quantitative estimate of drug-likeness (QED) is 0.785. The lowest BCUT2D eigenvalue weighted by Gasteiger charge is -2.12. The van der Waals surface area contributed by atoms with E-state index in [1.807, 2.05) is 12.1 Å². The summed E-state index contributed by atoms with van der Waals surface area (Å²) in [6, 6.07) is 15.0. The van der Waals surface area contributed by atoms with Crippen LogP contribution in [0.5, 0.6) is 17.2 Å². The molecule has 0 unspecified atom stereocenters. The predicted octanol–water partition coefficient (Wildman–Crippen LogP) is 5.16. The van der Waals surface area contributed by atoms with Gasteiger partial charge in [-0.15, -0.1) is 0 Å². The van der Waals surface area contributed by atoms with Gasteiger partial charge in [-0.2, -0.15) is 0 Å². The van der Waals surface area contributed by atoms with E-state index >= 15 is 0 Å². The Morgan fingerprint density at radius 2 is 1.35 bits per heavy atom. The maximum atomic E-state index is 9.23. The van der Waals surface area contributed by atoms with Crippen LogP contribution in [0.15, 0.2) is 48.5 Å². The summed E-state index contributed by atoms with van der Waals surface area (Å²) in [5.74, 6) is 2.57. The summed E-state index contributed by atoms with van der Waals surface area (Å²) < 4.78 is 5.73. The van der Waals surface area contributed by atoms with E-state index < -0.39 is 0 Å². The lowest BCUT2D eigenvalue weighted by Crippen LogP contribution is -2.01. The minimum Gasteiger partial charge on any atom is -0.508 e. The summed E-state index contributed by atoms with van der Waals surface area (Å²) in [6.07, 6.45) is 3.58. The molecule has 0 radical (unpaired) electrons. The molecule has 2 aromatic carbocycles. The number of phenolic OH excluding ortho intramolecular Hbond substituents is 1. The molecule has 2 rings (SSSR count). The van der Waals surface area contributed by atoms with Gasteiger partial charge in [0.2, 0.25) is 0 Å². The molecular formula is C18H22O2. The van der Waals surface area contributed by atoms with Crippen LogP contribution in [0.1, 0.15) is 32.3 Å². The van der Waals surface area contributed by atoms with E-state index in [9.17, 15) is 5.11 Å². The number of rotatable bonds is 6. The monoisotopic (exact) mass is 270 g/mol. The van der Waals surface area contributed by atoms with Gasteiger partial charge < -0.3 is 9.84 Å². The molecule has 0 aliphatic heterocycles. The maximum Gasteiger partial charge on any atom is 0.127 e. The van der Waals surface area contributed by atoms with Crippen LogP contribution < -0.4 is 4.74 Å². The van der Waals surface area contributed by atoms with Gasteiger partial charge in [0.1, 0.15) is 17.2 Å². The van der Waals surface area contributed by atoms with Gasteiger partial charge in [0.25, 0.3) is 0 Å². The topological polar surface area (TPSA) is 29.5 Å². The lowest BCUT2D eigenvalue weighted by molar-refractivity contribution is 0.463. The Bertz CT molecular complexity index is 510. The Morgan fingerprint density at radius 3 is 1.85 bits per heavy atom. The van der Waals surface area contributed by atoms with Crippen molar-refractivity contribution in [2.75, 3.05) is 0 Å². The molecule has 0 spiro atoms. The molecule has 0 aliphatic carbocycles. The van der Waals surface area contributed by atoms with Crippen molar-refractivity contribution >= 4 is 0 Å². The lowest BCUT2D eigenvalue weighted by atomic mass is 9.95. The van der Waals surface area contributed by atoms with Gasteiger partial charge in [0, 0.05) is 0 Å². The summed E-state index contributed by atoms with van der Waals surface area (Å²) in [5.41, 5.74) is 1.36. The highest BCUT2D eigenvalue weighted by atomic mass is 16.5. The van der Waals surface area contributed by atoms with Crippen molar-refractivity contribution < 1.29 is 9.84 Å². The van der Waals surface area contributed by atoms with Crippen LogP contribution in [0.25, 0.3) is 0 Å². The van der Waals surface area contributed by atoms with Crippen LogP contribution in [0, 0.1) is 5.92 Å². The second-order valence-electron chi connectivity index (χ2n) is 5.13. The van der Waals surface area contributed by atoms with E-state index in [2.05, 4.69) is 26.0 Å². The van der Waals surface area contributed by atoms with E-state index in [0.29, 0.717) is 0 Å². The third-order valence-electron chi connectivity index (χ3n) is 3.67. The molecule has 0 heterocycles. The molecule has 20 heavy (non-hydrogen) atoms. The standard InChI is InChI=1S/C18H22O2/c1-3-14(4-2)13-15-5-9-17(10-6-15)20-18-11-7-16(19)8-12-18/h5-12,14,19H,3-4,13H2,1-2H3. The van der Waals surface area contributed by atoms with Crippen molar-refractivity contribution in [3.05, 3.63) is 54.1 Å². The highest BCUT2D eigenvalue weighted by Gasteiger charge is 2.05. The molecule has 0 saturated carbocycles. The predicted molar refractivity (Wildman–Crippen MR) is 82.4 cm³/mol. The molecule has 106 valence electrons. The fourth-order valence-electron chi connectivity index (χ4n) is 2.25. The van der Waals surface area contributed by atoms with Crippen molar-refractivity contribution in [1.82, 2.24) is 0 Å². The third kappa shape index (κ3) is 4.02. The van der Waals surface area contributed by atoms with Crippen molar-refractivity contribution in [1.29, 1.82) is 0 Å². The maximum absolute atomic E-state index is 9.23. The molecule has 0 aliphatic rings. The number of aromatic hydroxyl groups is 1. The molecule has 1 N–H and O–H groups in total. The molecule has 0 bridgehead atoms. The third-order valence-corrected chi connectivity index (χ3v) is 3.67. The first-order valence-electron chi connectivity index (χ1n) is 7.27. The Kier molecular flexibility index (Phi) is 5.05. The van der Waals surface area contributed by atoms with Crippen LogP contribution in [0.2, 0.25) is 0 Å². The van der Waals surface area contributed by atoms with Crippen molar-refractivity contribution in [2.24, 2.45) is 5.92 Å². The first-order chi connectivity index (χ1) is 9.71. The van der Waals surface area contributed by atoms with E-state index in [1.165, 1.54) is 18.4 Å². The van der Waals surface area contributed by atoms with Crippen LogP contribution in [0.3, 0.4) is 0 Å². The summed E-state index contributed by atoms with van der Waals surface area (Å²) >= 11 is 0. The minimum absolute atomic E-state index is 0.248. The minimum atomic E-state index is 0.248. The average molecular weight is 270 g/mol. The van der Waals surface area contributed by atoms with Gasteiger partial charge in [-0.25, -0.2) is 0 Å². The first kappa shape index (κ1) is 14.4. The number of phenols is 1. The van der Waals surface area contributed by atoms with Gasteiger partial charge in [-0.3, -0.25) is 0 Å². The Morgan fingerprint density at radius 1 is 0.850 bits per heavy atom. The van der Waals surface area contributed by atoms with Gasteiger partial charge in [-0.05, 0) is 54.3 Å². The summed E-state index contributed by atoms with van der Waals surface area (Å²) in [5, 5.41) is 9.23. The van der Waals surface area contributed by atoms with Crippen molar-refractivity contribution in [3.8, 4) is 17.2 Å². The molecule has 0 aromatic heterocycles. The Balaban J connectivity index is 1.99. The van der Waals surface area contributed by atoms with Gasteiger partial charge in [0.05, 0.1) is 0 Å². The average Bonchev–Trinajstić information content (AvgIpc) is 2.49. The molecule has 0 fully saturated rings. The Hall–Kier alpha value is -1.96.